The zero-order valence-corrected chi connectivity index (χ0v) is 40.2. The van der Waals surface area contributed by atoms with Gasteiger partial charge in [-0.05, 0) is 113 Å². The molecule has 13 heteroatoms. The van der Waals surface area contributed by atoms with Crippen LogP contribution in [0.3, 0.4) is 0 Å². The maximum absolute atomic E-state index is 14.3. The maximum Gasteiger partial charge on any atom is 0.329 e. The predicted molar refractivity (Wildman–Crippen MR) is 244 cm³/mol. The quantitative estimate of drug-likeness (QED) is 0.149. The number of amides is 1. The van der Waals surface area contributed by atoms with Gasteiger partial charge in [0.2, 0.25) is 5.79 Å². The van der Waals surface area contributed by atoms with Crippen molar-refractivity contribution in [3.05, 3.63) is 47.6 Å². The lowest BCUT2D eigenvalue weighted by atomic mass is 9.75. The van der Waals surface area contributed by atoms with Crippen LogP contribution in [0.5, 0.6) is 0 Å². The second-order valence-corrected chi connectivity index (χ2v) is 19.8. The summed E-state index contributed by atoms with van der Waals surface area (Å²) in [5, 5.41) is 33.8. The number of Topliss-reactive ketones (excluding diaryl/α,β-unsaturated/α-hetero) is 3. The van der Waals surface area contributed by atoms with Gasteiger partial charge in [-0.1, -0.05) is 78.0 Å². The SMILES string of the molecule is COC1CC2CCC(C)C(O)(O2)C(=O)C(=O)N2CCCCC2C(=O)OC(C(C)CC2CCC(O)C(C)C2)CC(=O)C(C)/C=C(\C)C(O)C(OC)C(=O)C(C)CC(C)/C=C/C=C/C=C/1C. The highest BCUT2D eigenvalue weighted by Crippen LogP contribution is 2.38. The van der Waals surface area contributed by atoms with Crippen LogP contribution >= 0.6 is 0 Å². The van der Waals surface area contributed by atoms with Crippen LogP contribution in [-0.2, 0) is 42.9 Å². The van der Waals surface area contributed by atoms with Gasteiger partial charge in [0.15, 0.2) is 5.78 Å². The minimum absolute atomic E-state index is 0.0258. The number of cyclic esters (lactones) is 1. The lowest BCUT2D eigenvalue weighted by molar-refractivity contribution is -0.265. The van der Waals surface area contributed by atoms with Crippen LogP contribution in [0.2, 0.25) is 0 Å². The van der Waals surface area contributed by atoms with Crippen molar-refractivity contribution in [1.82, 2.24) is 4.90 Å². The largest absolute Gasteiger partial charge is 0.460 e. The van der Waals surface area contributed by atoms with Crippen LogP contribution in [-0.4, -0.2) is 119 Å². The Morgan fingerprint density at radius 3 is 2.25 bits per heavy atom. The van der Waals surface area contributed by atoms with Gasteiger partial charge in [0.1, 0.15) is 30.1 Å². The molecule has 3 aliphatic heterocycles. The molecule has 2 bridgehead atoms. The summed E-state index contributed by atoms with van der Waals surface area (Å²) in [5.41, 5.74) is 1.28. The number of carbonyl (C=O) groups is 5. The van der Waals surface area contributed by atoms with E-state index in [1.165, 1.54) is 12.0 Å². The van der Waals surface area contributed by atoms with Crippen molar-refractivity contribution in [2.24, 2.45) is 41.4 Å². The van der Waals surface area contributed by atoms with Crippen molar-refractivity contribution in [2.45, 2.75) is 181 Å². The molecule has 0 spiro atoms. The molecule has 0 aromatic carbocycles. The Balaban J connectivity index is 1.70. The molecule has 15 unspecified atom stereocenters. The molecule has 1 amide bonds. The Morgan fingerprint density at radius 1 is 0.859 bits per heavy atom. The number of carbonyl (C=O) groups excluding carboxylic acids is 5. The fourth-order valence-corrected chi connectivity index (χ4v) is 10.2. The summed E-state index contributed by atoms with van der Waals surface area (Å²) in [4.78, 5) is 71.7. The third-order valence-corrected chi connectivity index (χ3v) is 14.5. The Bertz CT molecular complexity index is 1740. The number of methoxy groups -OCH3 is 2. The van der Waals surface area contributed by atoms with Crippen LogP contribution < -0.4 is 0 Å². The average Bonchev–Trinajstić information content (AvgIpc) is 3.26. The number of rotatable bonds is 5. The number of aliphatic hydroxyl groups is 3. The summed E-state index contributed by atoms with van der Waals surface area (Å²) in [6.45, 7) is 14.8. The first-order chi connectivity index (χ1) is 30.2. The fourth-order valence-electron chi connectivity index (χ4n) is 10.2. The van der Waals surface area contributed by atoms with Crippen LogP contribution in [0.15, 0.2) is 47.6 Å². The van der Waals surface area contributed by atoms with E-state index in [0.29, 0.717) is 56.9 Å². The summed E-state index contributed by atoms with van der Waals surface area (Å²) in [7, 11) is 2.96. The number of ketones is 3. The molecule has 2 saturated heterocycles. The number of hydrogen-bond donors (Lipinski definition) is 3. The van der Waals surface area contributed by atoms with Crippen molar-refractivity contribution in [1.29, 1.82) is 0 Å². The number of allylic oxidation sites excluding steroid dienone is 6. The summed E-state index contributed by atoms with van der Waals surface area (Å²) >= 11 is 0. The highest BCUT2D eigenvalue weighted by Gasteiger charge is 2.53. The number of ether oxygens (including phenoxy) is 4. The van der Waals surface area contributed by atoms with E-state index in [0.717, 1.165) is 18.4 Å². The Morgan fingerprint density at radius 2 is 1.58 bits per heavy atom. The number of piperidine rings is 1. The average molecular weight is 898 g/mol. The number of hydrogen-bond acceptors (Lipinski definition) is 12. The van der Waals surface area contributed by atoms with Crippen molar-refractivity contribution >= 4 is 29.2 Å². The topological polar surface area (TPSA) is 186 Å². The van der Waals surface area contributed by atoms with Gasteiger partial charge < -0.3 is 39.2 Å². The molecule has 1 aliphatic carbocycles. The third-order valence-electron chi connectivity index (χ3n) is 14.5. The molecule has 15 atom stereocenters. The fraction of sp³-hybridized carbons (Fsp3) is 0.745. The van der Waals surface area contributed by atoms with Gasteiger partial charge in [-0.15, -0.1) is 0 Å². The first kappa shape index (κ1) is 53.3. The summed E-state index contributed by atoms with van der Waals surface area (Å²) in [5.74, 6) is -7.55. The maximum atomic E-state index is 14.3. The molecule has 3 N–H and O–H groups in total. The van der Waals surface area contributed by atoms with E-state index >= 15 is 0 Å². The molecule has 0 aromatic heterocycles. The molecule has 0 aromatic rings. The molecule has 4 aliphatic rings. The molecular weight excluding hydrogens is 819 g/mol. The molecule has 0 radical (unpaired) electrons. The lowest BCUT2D eigenvalue weighted by Gasteiger charge is -2.42. The van der Waals surface area contributed by atoms with E-state index in [9.17, 15) is 39.3 Å². The molecule has 13 nitrogen and oxygen atoms in total. The number of esters is 1. The standard InChI is InChI=1S/C51H79NO12/c1-30-16-12-11-13-17-31(2)43(61-9)28-39-21-19-37(8)51(60,64-39)48(57)49(58)52-23-15-14-18-40(52)50(59)63-44(34(5)27-38-20-22-41(53)33(4)26-38)29-42(54)32(3)25-36(7)46(56)47(62-10)45(55)35(6)24-30/h11-13,16-17,25,30,32-35,37-41,43-44,46-47,53,56,60H,14-15,18-24,26-29H2,1-10H3/b13-11+,16-12+,31-17+,36-25+. The summed E-state index contributed by atoms with van der Waals surface area (Å²) in [6.07, 6.45) is 12.4. The molecule has 3 heterocycles. The van der Waals surface area contributed by atoms with E-state index in [4.69, 9.17) is 18.9 Å². The molecule has 3 fully saturated rings. The smallest absolute Gasteiger partial charge is 0.329 e. The minimum atomic E-state index is -2.42. The van der Waals surface area contributed by atoms with Gasteiger partial charge in [-0.2, -0.15) is 0 Å². The van der Waals surface area contributed by atoms with E-state index in [1.807, 2.05) is 65.0 Å². The van der Waals surface area contributed by atoms with Gasteiger partial charge in [0, 0.05) is 51.4 Å². The van der Waals surface area contributed by atoms with Crippen LogP contribution in [0.1, 0.15) is 132 Å². The van der Waals surface area contributed by atoms with Gasteiger partial charge in [-0.25, -0.2) is 4.79 Å². The zero-order chi connectivity index (χ0) is 47.5. The molecular formula is C51H79NO12. The van der Waals surface area contributed by atoms with E-state index in [2.05, 4.69) is 0 Å². The number of aliphatic hydroxyl groups excluding tert-OH is 2. The van der Waals surface area contributed by atoms with Crippen molar-refractivity contribution in [2.75, 3.05) is 20.8 Å². The number of fused-ring (bicyclic) bond motifs is 3. The van der Waals surface area contributed by atoms with Gasteiger partial charge in [-0.3, -0.25) is 19.2 Å². The lowest BCUT2D eigenvalue weighted by Crippen LogP contribution is -2.61. The number of nitrogens with zero attached hydrogens (tertiary/aromatic N) is 1. The highest BCUT2D eigenvalue weighted by atomic mass is 16.6. The van der Waals surface area contributed by atoms with E-state index < -0.39 is 77.8 Å². The van der Waals surface area contributed by atoms with E-state index in [-0.39, 0.29) is 60.7 Å². The van der Waals surface area contributed by atoms with Gasteiger partial charge in [0.05, 0.1) is 18.3 Å². The van der Waals surface area contributed by atoms with Crippen LogP contribution in [0, 0.1) is 41.4 Å². The predicted octanol–water partition coefficient (Wildman–Crippen LogP) is 6.80. The van der Waals surface area contributed by atoms with Gasteiger partial charge >= 0.3 is 5.97 Å². The van der Waals surface area contributed by atoms with E-state index in [1.54, 1.807) is 34.0 Å². The summed E-state index contributed by atoms with van der Waals surface area (Å²) < 4.78 is 23.8. The van der Waals surface area contributed by atoms with Crippen LogP contribution in [0.4, 0.5) is 0 Å². The molecule has 4 rings (SSSR count). The van der Waals surface area contributed by atoms with Crippen molar-refractivity contribution in [3.8, 4) is 0 Å². The monoisotopic (exact) mass is 898 g/mol. The Hall–Kier alpha value is -3.33. The zero-order valence-electron chi connectivity index (χ0n) is 40.2. The van der Waals surface area contributed by atoms with Crippen LogP contribution in [0.25, 0.3) is 0 Å². The first-order valence-corrected chi connectivity index (χ1v) is 23.9. The first-order valence-electron chi connectivity index (χ1n) is 23.9. The van der Waals surface area contributed by atoms with Crippen molar-refractivity contribution < 1.29 is 58.2 Å². The normalized spacial score (nSPS) is 40.9. The second-order valence-electron chi connectivity index (χ2n) is 19.8. The van der Waals surface area contributed by atoms with Crippen molar-refractivity contribution in [3.63, 3.8) is 0 Å². The Labute approximate surface area is 382 Å². The third kappa shape index (κ3) is 13.9. The Kier molecular flexibility index (Phi) is 20.4. The minimum Gasteiger partial charge on any atom is -0.460 e. The summed E-state index contributed by atoms with van der Waals surface area (Å²) in [6, 6.07) is -1.12. The molecule has 360 valence electrons. The molecule has 1 saturated carbocycles. The highest BCUT2D eigenvalue weighted by molar-refractivity contribution is 6.39. The molecule has 64 heavy (non-hydrogen) atoms. The van der Waals surface area contributed by atoms with Gasteiger partial charge in [0.25, 0.3) is 11.7 Å². The second kappa shape index (κ2) is 24.4.